The fraction of sp³-hybridized carbons (Fsp3) is 0.500. The van der Waals surface area contributed by atoms with Crippen molar-refractivity contribution < 1.29 is 4.74 Å². The smallest absolute Gasteiger partial charge is 0.0895 e. The number of aromatic nitrogens is 3. The van der Waals surface area contributed by atoms with Gasteiger partial charge in [-0.05, 0) is 37.0 Å². The highest BCUT2D eigenvalue weighted by Crippen LogP contribution is 2.32. The van der Waals surface area contributed by atoms with Crippen LogP contribution in [0.4, 0.5) is 0 Å². The number of H-pyrrole nitrogens is 1. The molecule has 5 heteroatoms. The summed E-state index contributed by atoms with van der Waals surface area (Å²) in [7, 11) is 0. The lowest BCUT2D eigenvalue weighted by atomic mass is 9.91. The van der Waals surface area contributed by atoms with Crippen LogP contribution in [0.3, 0.4) is 0 Å². The van der Waals surface area contributed by atoms with Gasteiger partial charge in [0.25, 0.3) is 0 Å². The highest BCUT2D eigenvalue weighted by atomic mass is 16.5. The molecular formula is C16H22N4O. The van der Waals surface area contributed by atoms with Gasteiger partial charge in [-0.2, -0.15) is 5.10 Å². The molecule has 0 aromatic carbocycles. The predicted molar refractivity (Wildman–Crippen MR) is 80.7 cm³/mol. The van der Waals surface area contributed by atoms with Crippen molar-refractivity contribution in [3.8, 4) is 0 Å². The van der Waals surface area contributed by atoms with E-state index in [1.165, 1.54) is 17.5 Å². The third-order valence-corrected chi connectivity index (χ3v) is 4.16. The van der Waals surface area contributed by atoms with Crippen LogP contribution in [-0.2, 0) is 11.3 Å². The summed E-state index contributed by atoms with van der Waals surface area (Å²) in [6, 6.07) is 2.05. The third kappa shape index (κ3) is 3.49. The molecule has 5 nitrogen and oxygen atoms in total. The normalized spacial score (nSPS) is 22.3. The molecule has 3 rings (SSSR count). The number of nitrogens with zero attached hydrogens (tertiary/aromatic N) is 2. The van der Waals surface area contributed by atoms with Crippen molar-refractivity contribution in [2.24, 2.45) is 5.92 Å². The van der Waals surface area contributed by atoms with Gasteiger partial charge in [0.1, 0.15) is 0 Å². The third-order valence-electron chi connectivity index (χ3n) is 4.16. The van der Waals surface area contributed by atoms with Crippen LogP contribution < -0.4 is 5.32 Å². The van der Waals surface area contributed by atoms with Crippen molar-refractivity contribution in [1.29, 1.82) is 0 Å². The van der Waals surface area contributed by atoms with E-state index in [1.807, 2.05) is 24.8 Å². The first-order valence-electron chi connectivity index (χ1n) is 7.55. The second-order valence-corrected chi connectivity index (χ2v) is 5.66. The molecule has 1 aliphatic rings. The lowest BCUT2D eigenvalue weighted by Gasteiger charge is -2.31. The molecule has 1 aliphatic heterocycles. The summed E-state index contributed by atoms with van der Waals surface area (Å²) in [5.41, 5.74) is 3.69. The fourth-order valence-corrected chi connectivity index (χ4v) is 2.91. The Kier molecular flexibility index (Phi) is 4.62. The van der Waals surface area contributed by atoms with Crippen molar-refractivity contribution in [2.75, 3.05) is 13.2 Å². The number of rotatable bonds is 5. The van der Waals surface area contributed by atoms with Crippen LogP contribution in [0.1, 0.15) is 35.6 Å². The molecule has 0 amide bonds. The summed E-state index contributed by atoms with van der Waals surface area (Å²) in [5.74, 6) is 0.494. The van der Waals surface area contributed by atoms with Crippen molar-refractivity contribution in [2.45, 2.75) is 32.4 Å². The number of aromatic amines is 1. The van der Waals surface area contributed by atoms with Gasteiger partial charge in [0, 0.05) is 49.8 Å². The molecule has 0 unspecified atom stereocenters. The van der Waals surface area contributed by atoms with Crippen LogP contribution in [0.25, 0.3) is 0 Å². The fourth-order valence-electron chi connectivity index (χ4n) is 2.91. The van der Waals surface area contributed by atoms with Crippen LogP contribution in [0.15, 0.2) is 30.9 Å². The van der Waals surface area contributed by atoms with Gasteiger partial charge in [-0.15, -0.1) is 0 Å². The molecule has 2 N–H and O–H groups in total. The number of hydrogen-bond acceptors (Lipinski definition) is 4. The average Bonchev–Trinajstić information content (AvgIpc) is 3.04. The monoisotopic (exact) mass is 286 g/mol. The predicted octanol–water partition coefficient (Wildman–Crippen LogP) is 2.37. The Hall–Kier alpha value is -1.72. The van der Waals surface area contributed by atoms with E-state index in [0.717, 1.165) is 31.7 Å². The first-order valence-corrected chi connectivity index (χ1v) is 7.55. The molecule has 0 bridgehead atoms. The molecule has 2 aromatic heterocycles. The molecule has 0 aliphatic carbocycles. The Morgan fingerprint density at radius 1 is 1.43 bits per heavy atom. The van der Waals surface area contributed by atoms with Gasteiger partial charge in [-0.25, -0.2) is 0 Å². The van der Waals surface area contributed by atoms with E-state index in [9.17, 15) is 0 Å². The van der Waals surface area contributed by atoms with Crippen LogP contribution in [0, 0.1) is 12.8 Å². The lowest BCUT2D eigenvalue weighted by molar-refractivity contribution is -0.0278. The van der Waals surface area contributed by atoms with Crippen LogP contribution >= 0.6 is 0 Å². The van der Waals surface area contributed by atoms with Gasteiger partial charge in [-0.1, -0.05) is 0 Å². The first-order chi connectivity index (χ1) is 10.3. The van der Waals surface area contributed by atoms with Gasteiger partial charge in [0.05, 0.1) is 12.3 Å². The number of pyridine rings is 1. The number of nitrogens with one attached hydrogen (secondary N) is 2. The number of ether oxygens (including phenoxy) is 1. The van der Waals surface area contributed by atoms with E-state index in [2.05, 4.69) is 33.5 Å². The van der Waals surface area contributed by atoms with Crippen molar-refractivity contribution in [1.82, 2.24) is 20.5 Å². The zero-order chi connectivity index (χ0) is 14.5. The molecule has 3 heterocycles. The SMILES string of the molecule is Cc1ccncc1CNC[C@@H]1CCCO[C@H]1c1cn[nH]c1. The molecule has 0 spiro atoms. The van der Waals surface area contributed by atoms with E-state index in [4.69, 9.17) is 4.74 Å². The molecule has 2 aromatic rings. The van der Waals surface area contributed by atoms with Gasteiger partial charge in [0.2, 0.25) is 0 Å². The Morgan fingerprint density at radius 3 is 3.19 bits per heavy atom. The summed E-state index contributed by atoms with van der Waals surface area (Å²) in [4.78, 5) is 4.19. The summed E-state index contributed by atoms with van der Waals surface area (Å²) in [6.07, 6.45) is 10.1. The maximum Gasteiger partial charge on any atom is 0.0895 e. The summed E-state index contributed by atoms with van der Waals surface area (Å²) in [5, 5.41) is 10.5. The minimum atomic E-state index is 0.153. The van der Waals surface area contributed by atoms with Crippen LogP contribution in [0.5, 0.6) is 0 Å². The zero-order valence-electron chi connectivity index (χ0n) is 12.4. The summed E-state index contributed by atoms with van der Waals surface area (Å²) in [6.45, 7) is 4.77. The zero-order valence-corrected chi connectivity index (χ0v) is 12.4. The van der Waals surface area contributed by atoms with Crippen LogP contribution in [0.2, 0.25) is 0 Å². The van der Waals surface area contributed by atoms with E-state index in [1.54, 1.807) is 0 Å². The maximum absolute atomic E-state index is 5.95. The van der Waals surface area contributed by atoms with Gasteiger partial charge < -0.3 is 10.1 Å². The summed E-state index contributed by atoms with van der Waals surface area (Å²) < 4.78 is 5.95. The molecule has 112 valence electrons. The first kappa shape index (κ1) is 14.2. The molecule has 21 heavy (non-hydrogen) atoms. The van der Waals surface area contributed by atoms with Gasteiger partial charge in [-0.3, -0.25) is 10.1 Å². The standard InChI is InChI=1S/C16H22N4O/c1-12-4-5-17-8-14(12)9-18-7-13-3-2-6-21-16(13)15-10-19-20-11-15/h4-5,8,10-11,13,16,18H,2-3,6-7,9H2,1H3,(H,19,20)/t13-,16+/m0/s1. The Labute approximate surface area is 125 Å². The number of hydrogen-bond donors (Lipinski definition) is 2. The van der Waals surface area contributed by atoms with E-state index in [-0.39, 0.29) is 6.10 Å². The van der Waals surface area contributed by atoms with Crippen molar-refractivity contribution in [3.63, 3.8) is 0 Å². The molecule has 0 saturated carbocycles. The Bertz CT molecular complexity index is 555. The molecule has 2 atom stereocenters. The highest BCUT2D eigenvalue weighted by Gasteiger charge is 2.27. The topological polar surface area (TPSA) is 62.8 Å². The molecular weight excluding hydrogens is 264 g/mol. The minimum absolute atomic E-state index is 0.153. The maximum atomic E-state index is 5.95. The molecule has 1 saturated heterocycles. The van der Waals surface area contributed by atoms with E-state index in [0.29, 0.717) is 5.92 Å². The lowest BCUT2D eigenvalue weighted by Crippen LogP contribution is -2.31. The van der Waals surface area contributed by atoms with E-state index >= 15 is 0 Å². The van der Waals surface area contributed by atoms with E-state index < -0.39 is 0 Å². The van der Waals surface area contributed by atoms with Crippen molar-refractivity contribution >= 4 is 0 Å². The van der Waals surface area contributed by atoms with Crippen LogP contribution in [-0.4, -0.2) is 28.3 Å². The second-order valence-electron chi connectivity index (χ2n) is 5.66. The quantitative estimate of drug-likeness (QED) is 0.886. The summed E-state index contributed by atoms with van der Waals surface area (Å²) >= 11 is 0. The molecule has 1 fully saturated rings. The Balaban J connectivity index is 1.57. The molecule has 0 radical (unpaired) electrons. The Morgan fingerprint density at radius 2 is 2.38 bits per heavy atom. The highest BCUT2D eigenvalue weighted by molar-refractivity contribution is 5.21. The average molecular weight is 286 g/mol. The minimum Gasteiger partial charge on any atom is -0.373 e. The number of aryl methyl sites for hydroxylation is 1. The van der Waals surface area contributed by atoms with Crippen molar-refractivity contribution in [3.05, 3.63) is 47.5 Å². The van der Waals surface area contributed by atoms with Gasteiger partial charge in [0.15, 0.2) is 0 Å². The second kappa shape index (κ2) is 6.83. The largest absolute Gasteiger partial charge is 0.373 e. The van der Waals surface area contributed by atoms with Gasteiger partial charge >= 0.3 is 0 Å².